The van der Waals surface area contributed by atoms with E-state index in [1.165, 1.54) is 24.3 Å². The van der Waals surface area contributed by atoms with Crippen LogP contribution in [-0.4, -0.2) is 27.5 Å². The molecule has 7 nitrogen and oxygen atoms in total. The van der Waals surface area contributed by atoms with Crippen molar-refractivity contribution in [3.63, 3.8) is 0 Å². The Labute approximate surface area is 152 Å². The van der Waals surface area contributed by atoms with Gasteiger partial charge in [0, 0.05) is 24.2 Å². The quantitative estimate of drug-likeness (QED) is 0.691. The Bertz CT molecular complexity index is 886. The molecule has 8 heteroatoms. The van der Waals surface area contributed by atoms with E-state index >= 15 is 0 Å². The zero-order valence-corrected chi connectivity index (χ0v) is 15.0. The molecule has 0 unspecified atom stereocenters. The molecule has 0 radical (unpaired) electrons. The Morgan fingerprint density at radius 2 is 1.77 bits per heavy atom. The van der Waals surface area contributed by atoms with E-state index in [0.717, 1.165) is 0 Å². The molecule has 2 N–H and O–H groups in total. The molecular weight excluding hydrogens is 354 g/mol. The van der Waals surface area contributed by atoms with E-state index in [1.807, 2.05) is 13.0 Å². The highest BCUT2D eigenvalue weighted by Crippen LogP contribution is 2.17. The Balaban J connectivity index is 2.03. The first kappa shape index (κ1) is 19.4. The average Bonchev–Trinajstić information content (AvgIpc) is 2.64. The minimum Gasteiger partial charge on any atom is -0.494 e. The van der Waals surface area contributed by atoms with Crippen LogP contribution in [-0.2, 0) is 10.0 Å². The van der Waals surface area contributed by atoms with E-state index in [0.29, 0.717) is 23.6 Å². The second kappa shape index (κ2) is 8.99. The topological polar surface area (TPSA) is 108 Å². The molecule has 0 bridgehead atoms. The van der Waals surface area contributed by atoms with Crippen molar-refractivity contribution in [3.8, 4) is 11.8 Å². The highest BCUT2D eigenvalue weighted by atomic mass is 32.2. The maximum absolute atomic E-state index is 12.3. The summed E-state index contributed by atoms with van der Waals surface area (Å²) in [6.45, 7) is 2.49. The predicted molar refractivity (Wildman–Crippen MR) is 97.4 cm³/mol. The van der Waals surface area contributed by atoms with Crippen molar-refractivity contribution in [1.82, 2.24) is 4.72 Å². The first-order valence-corrected chi connectivity index (χ1v) is 9.45. The second-order valence-corrected chi connectivity index (χ2v) is 7.01. The maximum atomic E-state index is 12.3. The van der Waals surface area contributed by atoms with Crippen LogP contribution < -0.4 is 14.8 Å². The number of nitrogens with zero attached hydrogens (tertiary/aromatic N) is 1. The number of nitriles is 1. The van der Waals surface area contributed by atoms with Gasteiger partial charge in [0.2, 0.25) is 10.0 Å². The fraction of sp³-hybridized carbons (Fsp3) is 0.222. The molecule has 136 valence electrons. The summed E-state index contributed by atoms with van der Waals surface area (Å²) in [6, 6.07) is 14.4. The molecule has 0 fully saturated rings. The zero-order valence-electron chi connectivity index (χ0n) is 14.2. The van der Waals surface area contributed by atoms with Crippen molar-refractivity contribution >= 4 is 21.6 Å². The van der Waals surface area contributed by atoms with Crippen LogP contribution >= 0.6 is 0 Å². The molecule has 1 amide bonds. The van der Waals surface area contributed by atoms with Gasteiger partial charge in [0.05, 0.1) is 17.6 Å². The van der Waals surface area contributed by atoms with Gasteiger partial charge >= 0.3 is 0 Å². The van der Waals surface area contributed by atoms with E-state index < -0.39 is 10.0 Å². The number of nitrogens with one attached hydrogen (secondary N) is 2. The molecule has 0 aliphatic rings. The summed E-state index contributed by atoms with van der Waals surface area (Å²) in [4.78, 5) is 12.3. The molecule has 0 aromatic heterocycles. The van der Waals surface area contributed by atoms with Crippen molar-refractivity contribution in [3.05, 3.63) is 54.1 Å². The van der Waals surface area contributed by atoms with Crippen molar-refractivity contribution in [2.45, 2.75) is 18.2 Å². The molecule has 0 atom stereocenters. The van der Waals surface area contributed by atoms with Crippen molar-refractivity contribution in [2.75, 3.05) is 18.5 Å². The Kier molecular flexibility index (Phi) is 6.72. The lowest BCUT2D eigenvalue weighted by molar-refractivity contribution is 0.102. The molecule has 0 saturated heterocycles. The van der Waals surface area contributed by atoms with E-state index in [2.05, 4.69) is 10.0 Å². The van der Waals surface area contributed by atoms with Crippen LogP contribution in [0, 0.1) is 11.3 Å². The lowest BCUT2D eigenvalue weighted by Gasteiger charge is -2.08. The zero-order chi connectivity index (χ0) is 19.0. The summed E-state index contributed by atoms with van der Waals surface area (Å²) in [7, 11) is -3.69. The van der Waals surface area contributed by atoms with Gasteiger partial charge in [-0.3, -0.25) is 4.79 Å². The van der Waals surface area contributed by atoms with Crippen LogP contribution in [0.25, 0.3) is 0 Å². The van der Waals surface area contributed by atoms with E-state index in [9.17, 15) is 13.2 Å². The van der Waals surface area contributed by atoms with E-state index in [4.69, 9.17) is 10.00 Å². The van der Waals surface area contributed by atoms with Gasteiger partial charge in [-0.25, -0.2) is 13.1 Å². The monoisotopic (exact) mass is 373 g/mol. The lowest BCUT2D eigenvalue weighted by atomic mass is 10.2. The average molecular weight is 373 g/mol. The standard InChI is InChI=1S/C18H19N3O4S/c1-2-25-16-8-6-15(7-9-16)21-18(22)14-4-10-17(11-5-14)26(23,24)20-13-3-12-19/h4-11,20H,2-3,13H2,1H3,(H,21,22). The predicted octanol–water partition coefficient (Wildman–Crippen LogP) is 2.53. The number of sulfonamides is 1. The van der Waals surface area contributed by atoms with Gasteiger partial charge in [0.15, 0.2) is 0 Å². The van der Waals surface area contributed by atoms with Gasteiger partial charge in [0.25, 0.3) is 5.91 Å². The minimum atomic E-state index is -3.69. The van der Waals surface area contributed by atoms with Crippen LogP contribution in [0.4, 0.5) is 5.69 Å². The summed E-state index contributed by atoms with van der Waals surface area (Å²) in [5.41, 5.74) is 0.934. The molecule has 2 aromatic rings. The highest BCUT2D eigenvalue weighted by molar-refractivity contribution is 7.89. The second-order valence-electron chi connectivity index (χ2n) is 5.24. The van der Waals surface area contributed by atoms with Crippen LogP contribution in [0.3, 0.4) is 0 Å². The smallest absolute Gasteiger partial charge is 0.255 e. The molecule has 0 aliphatic carbocycles. The van der Waals surface area contributed by atoms with Crippen LogP contribution in [0.5, 0.6) is 5.75 Å². The van der Waals surface area contributed by atoms with Gasteiger partial charge in [0.1, 0.15) is 5.75 Å². The number of carbonyl (C=O) groups excluding carboxylic acids is 1. The molecule has 0 saturated carbocycles. The number of amides is 1. The minimum absolute atomic E-state index is 0.0352. The molecule has 0 aliphatic heterocycles. The molecule has 2 aromatic carbocycles. The summed E-state index contributed by atoms with van der Waals surface area (Å²) in [5, 5.41) is 11.2. The number of ether oxygens (including phenoxy) is 1. The number of hydrogen-bond donors (Lipinski definition) is 2. The molecular formula is C18H19N3O4S. The Hall–Kier alpha value is -2.89. The highest BCUT2D eigenvalue weighted by Gasteiger charge is 2.14. The molecule has 2 rings (SSSR count). The number of carbonyl (C=O) groups is 1. The van der Waals surface area contributed by atoms with Gasteiger partial charge < -0.3 is 10.1 Å². The van der Waals surface area contributed by atoms with Gasteiger partial charge in [-0.05, 0) is 55.5 Å². The number of rotatable bonds is 8. The Morgan fingerprint density at radius 1 is 1.12 bits per heavy atom. The third-order valence-electron chi connectivity index (χ3n) is 3.38. The third-order valence-corrected chi connectivity index (χ3v) is 4.86. The summed E-state index contributed by atoms with van der Waals surface area (Å²) in [6.07, 6.45) is 0.0851. The van der Waals surface area contributed by atoms with Gasteiger partial charge in [-0.15, -0.1) is 0 Å². The lowest BCUT2D eigenvalue weighted by Crippen LogP contribution is -2.24. The third kappa shape index (κ3) is 5.31. The molecule has 0 heterocycles. The Morgan fingerprint density at radius 3 is 2.35 bits per heavy atom. The normalized spacial score (nSPS) is 10.8. The van der Waals surface area contributed by atoms with E-state index in [-0.39, 0.29) is 23.8 Å². The molecule has 26 heavy (non-hydrogen) atoms. The first-order chi connectivity index (χ1) is 12.5. The largest absolute Gasteiger partial charge is 0.494 e. The van der Waals surface area contributed by atoms with Crippen LogP contribution in [0.15, 0.2) is 53.4 Å². The number of anilines is 1. The summed E-state index contributed by atoms with van der Waals surface area (Å²) >= 11 is 0. The SMILES string of the molecule is CCOc1ccc(NC(=O)c2ccc(S(=O)(=O)NCCC#N)cc2)cc1. The number of benzene rings is 2. The summed E-state index contributed by atoms with van der Waals surface area (Å²) in [5.74, 6) is 0.361. The fourth-order valence-electron chi connectivity index (χ4n) is 2.11. The first-order valence-electron chi connectivity index (χ1n) is 7.97. The summed E-state index contributed by atoms with van der Waals surface area (Å²) < 4.78 is 31.7. The van der Waals surface area contributed by atoms with E-state index in [1.54, 1.807) is 24.3 Å². The van der Waals surface area contributed by atoms with Gasteiger partial charge in [-0.1, -0.05) is 0 Å². The maximum Gasteiger partial charge on any atom is 0.255 e. The molecule has 0 spiro atoms. The van der Waals surface area contributed by atoms with Crippen LogP contribution in [0.2, 0.25) is 0 Å². The van der Waals surface area contributed by atoms with Crippen molar-refractivity contribution in [2.24, 2.45) is 0 Å². The van der Waals surface area contributed by atoms with Crippen LogP contribution in [0.1, 0.15) is 23.7 Å². The van der Waals surface area contributed by atoms with Crippen molar-refractivity contribution < 1.29 is 17.9 Å². The number of hydrogen-bond acceptors (Lipinski definition) is 5. The van der Waals surface area contributed by atoms with Crippen molar-refractivity contribution in [1.29, 1.82) is 5.26 Å². The fourth-order valence-corrected chi connectivity index (χ4v) is 3.15. The van der Waals surface area contributed by atoms with Gasteiger partial charge in [-0.2, -0.15) is 5.26 Å².